The van der Waals surface area contributed by atoms with Gasteiger partial charge in [0.1, 0.15) is 11.9 Å². The molecule has 1 atom stereocenters. The van der Waals surface area contributed by atoms with E-state index in [9.17, 15) is 22.8 Å². The topological polar surface area (TPSA) is 73.7 Å². The molecule has 0 saturated heterocycles. The van der Waals surface area contributed by atoms with Crippen LogP contribution in [0.5, 0.6) is 0 Å². The Morgan fingerprint density at radius 2 is 1.76 bits per heavy atom. The lowest BCUT2D eigenvalue weighted by Gasteiger charge is -2.41. The second-order valence-corrected chi connectivity index (χ2v) is 10.8. The smallest absolute Gasteiger partial charge is 0.410 e. The Kier molecular flexibility index (Phi) is 7.53. The van der Waals surface area contributed by atoms with E-state index >= 15 is 0 Å². The second kappa shape index (κ2) is 10.7. The largest absolute Gasteiger partial charge is 0.446 e. The van der Waals surface area contributed by atoms with Gasteiger partial charge in [-0.05, 0) is 63.4 Å². The maximum atomic E-state index is 13.8. The summed E-state index contributed by atoms with van der Waals surface area (Å²) in [5.74, 6) is -0.487. The summed E-state index contributed by atoms with van der Waals surface area (Å²) in [5, 5.41) is 0. The van der Waals surface area contributed by atoms with Crippen molar-refractivity contribution >= 4 is 6.09 Å². The van der Waals surface area contributed by atoms with Crippen molar-refractivity contribution in [2.75, 3.05) is 13.7 Å². The Labute approximate surface area is 219 Å². The normalized spacial score (nSPS) is 26.3. The molecule has 2 aliphatic carbocycles. The third-order valence-corrected chi connectivity index (χ3v) is 8.44. The van der Waals surface area contributed by atoms with Crippen molar-refractivity contribution in [1.29, 1.82) is 0 Å². The number of benzene rings is 1. The first-order chi connectivity index (χ1) is 18.2. The van der Waals surface area contributed by atoms with Crippen molar-refractivity contribution in [1.82, 2.24) is 14.5 Å². The van der Waals surface area contributed by atoms with Gasteiger partial charge in [0.25, 0.3) is 5.56 Å². The van der Waals surface area contributed by atoms with Crippen LogP contribution in [0.1, 0.15) is 67.2 Å². The lowest BCUT2D eigenvalue weighted by atomic mass is 9.74. The van der Waals surface area contributed by atoms with Crippen molar-refractivity contribution in [3.63, 3.8) is 0 Å². The average Bonchev–Trinajstić information content (AvgIpc) is 2.87. The van der Waals surface area contributed by atoms with Crippen molar-refractivity contribution < 1.29 is 27.4 Å². The number of rotatable bonds is 5. The molecule has 1 aromatic carbocycles. The van der Waals surface area contributed by atoms with Crippen LogP contribution in [-0.2, 0) is 22.4 Å². The van der Waals surface area contributed by atoms with Crippen LogP contribution in [0.15, 0.2) is 35.1 Å². The Balaban J connectivity index is 1.32. The first-order valence-electron chi connectivity index (χ1n) is 13.4. The molecule has 10 heteroatoms. The summed E-state index contributed by atoms with van der Waals surface area (Å²) in [4.78, 5) is 32.9. The van der Waals surface area contributed by atoms with E-state index in [1.54, 1.807) is 11.7 Å². The van der Waals surface area contributed by atoms with Gasteiger partial charge in [-0.1, -0.05) is 30.3 Å². The highest BCUT2D eigenvalue weighted by atomic mass is 19.4. The molecule has 1 unspecified atom stereocenters. The molecule has 38 heavy (non-hydrogen) atoms. The minimum atomic E-state index is -4.20. The molecule has 1 aliphatic heterocycles. The van der Waals surface area contributed by atoms with Crippen LogP contribution in [0.3, 0.4) is 0 Å². The van der Waals surface area contributed by atoms with Crippen LogP contribution in [-0.4, -0.2) is 52.6 Å². The predicted molar refractivity (Wildman–Crippen MR) is 134 cm³/mol. The van der Waals surface area contributed by atoms with Crippen molar-refractivity contribution in [2.24, 2.45) is 11.8 Å². The van der Waals surface area contributed by atoms with E-state index in [2.05, 4.69) is 0 Å². The molecule has 0 bridgehead atoms. The zero-order valence-electron chi connectivity index (χ0n) is 21.7. The minimum absolute atomic E-state index is 0.0285. The summed E-state index contributed by atoms with van der Waals surface area (Å²) in [7, 11) is 1.71. The van der Waals surface area contributed by atoms with Gasteiger partial charge in [0, 0.05) is 19.2 Å². The number of aromatic nitrogens is 2. The number of hydrogen-bond donors (Lipinski definition) is 0. The maximum Gasteiger partial charge on any atom is 0.410 e. The molecule has 5 rings (SSSR count). The number of carbonyl (C=O) groups excluding carboxylic acids is 1. The highest BCUT2D eigenvalue weighted by Gasteiger charge is 2.43. The molecule has 0 N–H and O–H groups in total. The molecule has 2 aromatic rings. The first kappa shape index (κ1) is 26.7. The molecule has 2 heterocycles. The Morgan fingerprint density at radius 3 is 2.39 bits per heavy atom. The van der Waals surface area contributed by atoms with Gasteiger partial charge in [-0.3, -0.25) is 9.36 Å². The Morgan fingerprint density at radius 1 is 1.08 bits per heavy atom. The van der Waals surface area contributed by atoms with E-state index < -0.39 is 24.3 Å². The molecule has 0 radical (unpaired) electrons. The third-order valence-electron chi connectivity index (χ3n) is 8.44. The number of amides is 1. The number of methoxy groups -OCH3 is 1. The van der Waals surface area contributed by atoms with Gasteiger partial charge in [-0.15, -0.1) is 0 Å². The van der Waals surface area contributed by atoms with Crippen molar-refractivity contribution in [3.8, 4) is 0 Å². The standard InChI is InChI=1S/C28H34F3N3O4/c1-17-32-24-16-33(27(36)38-21-10-8-20(9-11-21)28(29,30)31)13-12-23(24)26(35)34(17)25(18-6-4-3-5-7-18)19-14-22(15-19)37-2/h3-7,19-22,25H,8-16H2,1-2H3/t19?,20-,21-,22?,25?. The molecule has 206 valence electrons. The lowest BCUT2D eigenvalue weighted by molar-refractivity contribution is -0.186. The third kappa shape index (κ3) is 5.32. The fourth-order valence-corrected chi connectivity index (χ4v) is 6.17. The zero-order valence-corrected chi connectivity index (χ0v) is 21.7. The van der Waals surface area contributed by atoms with Crippen molar-refractivity contribution in [2.45, 2.75) is 82.8 Å². The minimum Gasteiger partial charge on any atom is -0.446 e. The number of nitrogens with zero attached hydrogens (tertiary/aromatic N) is 3. The Bertz CT molecular complexity index is 1200. The van der Waals surface area contributed by atoms with Crippen LogP contribution in [0.4, 0.5) is 18.0 Å². The van der Waals surface area contributed by atoms with Gasteiger partial charge in [-0.25, -0.2) is 9.78 Å². The van der Waals surface area contributed by atoms with Gasteiger partial charge in [-0.2, -0.15) is 13.2 Å². The first-order valence-corrected chi connectivity index (χ1v) is 13.4. The van der Waals surface area contributed by atoms with E-state index in [1.165, 1.54) is 4.90 Å². The van der Waals surface area contributed by atoms with Gasteiger partial charge in [0.05, 0.1) is 30.3 Å². The van der Waals surface area contributed by atoms with E-state index in [0.717, 1.165) is 18.4 Å². The quantitative estimate of drug-likeness (QED) is 0.530. The summed E-state index contributed by atoms with van der Waals surface area (Å²) in [6.45, 7) is 2.27. The number of ether oxygens (including phenoxy) is 2. The van der Waals surface area contributed by atoms with Gasteiger partial charge >= 0.3 is 12.3 Å². The number of alkyl halides is 3. The van der Waals surface area contributed by atoms with Gasteiger partial charge < -0.3 is 14.4 Å². The predicted octanol–water partition coefficient (Wildman–Crippen LogP) is 5.18. The average molecular weight is 534 g/mol. The summed E-state index contributed by atoms with van der Waals surface area (Å²) >= 11 is 0. The number of halogens is 3. The van der Waals surface area contributed by atoms with Crippen molar-refractivity contribution in [3.05, 3.63) is 63.3 Å². The zero-order chi connectivity index (χ0) is 27.0. The fourth-order valence-electron chi connectivity index (χ4n) is 6.17. The van der Waals surface area contributed by atoms with E-state index in [4.69, 9.17) is 14.5 Å². The molecule has 2 fully saturated rings. The summed E-state index contributed by atoms with van der Waals surface area (Å²) < 4.78 is 51.7. The highest BCUT2D eigenvalue weighted by molar-refractivity contribution is 5.68. The van der Waals surface area contributed by atoms with Crippen LogP contribution < -0.4 is 5.56 Å². The number of fused-ring (bicyclic) bond motifs is 1. The molecule has 3 aliphatic rings. The maximum absolute atomic E-state index is 13.8. The second-order valence-electron chi connectivity index (χ2n) is 10.8. The van der Waals surface area contributed by atoms with Gasteiger partial charge in [0.2, 0.25) is 0 Å². The monoisotopic (exact) mass is 533 g/mol. The molecular formula is C28H34F3N3O4. The SMILES string of the molecule is COC1CC(C(c2ccccc2)n2c(C)nc3c(c2=O)CCN(C(=O)O[C@H]2CC[C@H](C(F)(F)F)CC2)C3)C1. The van der Waals surface area contributed by atoms with Crippen LogP contribution >= 0.6 is 0 Å². The molecule has 2 saturated carbocycles. The fraction of sp³-hybridized carbons (Fsp3) is 0.607. The number of hydrogen-bond acceptors (Lipinski definition) is 5. The Hall–Kier alpha value is -2.88. The van der Waals surface area contributed by atoms with Gasteiger partial charge in [0.15, 0.2) is 0 Å². The summed E-state index contributed by atoms with van der Waals surface area (Å²) in [6.07, 6.45) is -2.66. The number of aryl methyl sites for hydroxylation is 1. The molecule has 1 amide bonds. The highest BCUT2D eigenvalue weighted by Crippen LogP contribution is 2.42. The molecule has 1 aromatic heterocycles. The van der Waals surface area contributed by atoms with E-state index in [1.807, 2.05) is 37.3 Å². The van der Waals surface area contributed by atoms with E-state index in [0.29, 0.717) is 30.0 Å². The molecule has 7 nitrogen and oxygen atoms in total. The molecule has 0 spiro atoms. The van der Waals surface area contributed by atoms with E-state index in [-0.39, 0.29) is 55.9 Å². The van der Waals surface area contributed by atoms with Crippen LogP contribution in [0.25, 0.3) is 0 Å². The number of carbonyl (C=O) groups is 1. The molecular weight excluding hydrogens is 499 g/mol. The van der Waals surface area contributed by atoms with Crippen LogP contribution in [0, 0.1) is 18.8 Å². The van der Waals surface area contributed by atoms with Crippen LogP contribution in [0.2, 0.25) is 0 Å². The summed E-state index contributed by atoms with van der Waals surface area (Å²) in [5.41, 5.74) is 2.14. The lowest BCUT2D eigenvalue weighted by Crippen LogP contribution is -2.45. The summed E-state index contributed by atoms with van der Waals surface area (Å²) in [6, 6.07) is 9.82.